The smallest absolute Gasteiger partial charge is 0.274 e. The minimum atomic E-state index is -0.452. The van der Waals surface area contributed by atoms with E-state index in [0.717, 1.165) is 5.56 Å². The fourth-order valence-corrected chi connectivity index (χ4v) is 2.90. The summed E-state index contributed by atoms with van der Waals surface area (Å²) in [7, 11) is 0. The van der Waals surface area contributed by atoms with Crippen molar-refractivity contribution in [3.05, 3.63) is 108 Å². The van der Waals surface area contributed by atoms with Crippen LogP contribution in [0.1, 0.15) is 21.6 Å². The molecule has 31 heavy (non-hydrogen) atoms. The largest absolute Gasteiger partial charge is 0.486 e. The number of nitrogens with one attached hydrogen (secondary N) is 1. The molecule has 0 aliphatic carbocycles. The molecule has 4 aromatic rings. The summed E-state index contributed by atoms with van der Waals surface area (Å²) in [4.78, 5) is 16.6. The van der Waals surface area contributed by atoms with Crippen molar-refractivity contribution in [2.24, 2.45) is 0 Å². The van der Waals surface area contributed by atoms with Crippen molar-refractivity contribution < 1.29 is 18.3 Å². The molecule has 0 fully saturated rings. The van der Waals surface area contributed by atoms with Crippen molar-refractivity contribution in [1.29, 1.82) is 0 Å². The van der Waals surface area contributed by atoms with E-state index < -0.39 is 11.7 Å². The highest BCUT2D eigenvalue weighted by molar-refractivity contribution is 6.02. The topological polar surface area (TPSA) is 69.0 Å². The zero-order valence-electron chi connectivity index (χ0n) is 16.3. The number of aromatic nitrogens is 3. The van der Waals surface area contributed by atoms with Crippen molar-refractivity contribution in [3.63, 3.8) is 0 Å². The lowest BCUT2D eigenvalue weighted by atomic mass is 10.2. The van der Waals surface area contributed by atoms with Crippen molar-refractivity contribution in [2.45, 2.75) is 13.2 Å². The molecule has 1 amide bonds. The zero-order chi connectivity index (χ0) is 21.6. The van der Waals surface area contributed by atoms with Crippen LogP contribution >= 0.6 is 0 Å². The molecular weight excluding hydrogens is 402 g/mol. The van der Waals surface area contributed by atoms with Gasteiger partial charge in [-0.25, -0.2) is 8.78 Å². The Labute approximate surface area is 177 Å². The first-order valence-corrected chi connectivity index (χ1v) is 9.47. The predicted octanol–water partition coefficient (Wildman–Crippen LogP) is 4.44. The Bertz CT molecular complexity index is 1190. The van der Waals surface area contributed by atoms with Gasteiger partial charge in [-0.2, -0.15) is 5.10 Å². The van der Waals surface area contributed by atoms with Crippen molar-refractivity contribution in [3.8, 4) is 5.75 Å². The van der Waals surface area contributed by atoms with Gasteiger partial charge in [-0.05, 0) is 47.5 Å². The average Bonchev–Trinajstić information content (AvgIpc) is 3.21. The summed E-state index contributed by atoms with van der Waals surface area (Å²) in [6.45, 7) is 0.538. The Hall–Kier alpha value is -4.07. The Kier molecular flexibility index (Phi) is 5.98. The van der Waals surface area contributed by atoms with Gasteiger partial charge in [0.05, 0.1) is 18.4 Å². The van der Waals surface area contributed by atoms with E-state index in [9.17, 15) is 13.6 Å². The van der Waals surface area contributed by atoms with Crippen LogP contribution < -0.4 is 10.1 Å². The van der Waals surface area contributed by atoms with Crippen LogP contribution in [0.4, 0.5) is 14.5 Å². The third-order valence-electron chi connectivity index (χ3n) is 4.44. The minimum Gasteiger partial charge on any atom is -0.486 e. The zero-order valence-corrected chi connectivity index (χ0v) is 16.3. The average molecular weight is 420 g/mol. The first kappa shape index (κ1) is 20.2. The predicted molar refractivity (Wildman–Crippen MR) is 111 cm³/mol. The molecule has 0 saturated heterocycles. The maximum Gasteiger partial charge on any atom is 0.274 e. The van der Waals surface area contributed by atoms with Crippen LogP contribution in [-0.2, 0) is 13.2 Å². The second-order valence-electron chi connectivity index (χ2n) is 6.78. The highest BCUT2D eigenvalue weighted by atomic mass is 19.1. The van der Waals surface area contributed by atoms with Gasteiger partial charge in [-0.1, -0.05) is 24.3 Å². The van der Waals surface area contributed by atoms with Gasteiger partial charge in [0.25, 0.3) is 5.91 Å². The normalized spacial score (nSPS) is 10.6. The van der Waals surface area contributed by atoms with Crippen LogP contribution in [0.15, 0.2) is 79.3 Å². The molecule has 156 valence electrons. The maximum atomic E-state index is 13.7. The number of ether oxygens (including phenoxy) is 1. The van der Waals surface area contributed by atoms with Gasteiger partial charge in [0.15, 0.2) is 11.6 Å². The molecule has 0 aliphatic rings. The van der Waals surface area contributed by atoms with Crippen LogP contribution in [0, 0.1) is 11.6 Å². The molecule has 2 aromatic heterocycles. The molecule has 0 saturated carbocycles. The van der Waals surface area contributed by atoms with Crippen LogP contribution in [0.5, 0.6) is 5.75 Å². The standard InChI is InChI=1S/C23H18F2N4O2/c24-18-7-5-16(6-8-18)13-29-14-19(12-27-29)28-23(30)21-11-17(9-10-26-21)15-31-22-4-2-1-3-20(22)25/h1-12,14H,13,15H2,(H,28,30). The molecule has 4 rings (SSSR count). The molecule has 0 bridgehead atoms. The number of amides is 1. The van der Waals surface area contributed by atoms with Crippen molar-refractivity contribution in [2.75, 3.05) is 5.32 Å². The molecule has 0 atom stereocenters. The molecule has 6 nitrogen and oxygen atoms in total. The summed E-state index contributed by atoms with van der Waals surface area (Å²) in [5.74, 6) is -1.02. The van der Waals surface area contributed by atoms with Gasteiger partial charge in [-0.3, -0.25) is 14.5 Å². The van der Waals surface area contributed by atoms with E-state index >= 15 is 0 Å². The molecular formula is C23H18F2N4O2. The molecule has 8 heteroatoms. The molecule has 2 heterocycles. The lowest BCUT2D eigenvalue weighted by Gasteiger charge is -2.08. The highest BCUT2D eigenvalue weighted by Crippen LogP contribution is 2.17. The van der Waals surface area contributed by atoms with Crippen LogP contribution in [0.25, 0.3) is 0 Å². The van der Waals surface area contributed by atoms with Crippen molar-refractivity contribution in [1.82, 2.24) is 14.8 Å². The number of hydrogen-bond donors (Lipinski definition) is 1. The van der Waals surface area contributed by atoms with Gasteiger partial charge in [-0.15, -0.1) is 0 Å². The summed E-state index contributed by atoms with van der Waals surface area (Å²) in [6, 6.07) is 15.5. The Morgan fingerprint density at radius 1 is 1.03 bits per heavy atom. The van der Waals surface area contributed by atoms with E-state index in [1.807, 2.05) is 0 Å². The summed E-state index contributed by atoms with van der Waals surface area (Å²) < 4.78 is 33.8. The number of rotatable bonds is 7. The van der Waals surface area contributed by atoms with Gasteiger partial charge in [0.2, 0.25) is 0 Å². The first-order valence-electron chi connectivity index (χ1n) is 9.47. The minimum absolute atomic E-state index is 0.0966. The summed E-state index contributed by atoms with van der Waals surface area (Å²) in [6.07, 6.45) is 4.69. The molecule has 0 aliphatic heterocycles. The number of carbonyl (C=O) groups excluding carboxylic acids is 1. The van der Waals surface area contributed by atoms with Crippen molar-refractivity contribution >= 4 is 11.6 Å². The number of hydrogen-bond acceptors (Lipinski definition) is 4. The van der Waals surface area contributed by atoms with E-state index in [1.54, 1.807) is 47.3 Å². The van der Waals surface area contributed by atoms with Crippen LogP contribution in [0.3, 0.4) is 0 Å². The van der Waals surface area contributed by atoms with Gasteiger partial charge in [0, 0.05) is 12.4 Å². The number of pyridine rings is 1. The molecule has 0 unspecified atom stereocenters. The second kappa shape index (κ2) is 9.17. The lowest BCUT2D eigenvalue weighted by molar-refractivity contribution is 0.102. The maximum absolute atomic E-state index is 13.7. The number of para-hydroxylation sites is 1. The highest BCUT2D eigenvalue weighted by Gasteiger charge is 2.11. The van der Waals surface area contributed by atoms with E-state index in [4.69, 9.17) is 4.74 Å². The fraction of sp³-hybridized carbons (Fsp3) is 0.0870. The summed E-state index contributed by atoms with van der Waals surface area (Å²) >= 11 is 0. The number of carbonyl (C=O) groups is 1. The monoisotopic (exact) mass is 420 g/mol. The number of anilines is 1. The van der Waals surface area contributed by atoms with E-state index in [-0.39, 0.29) is 23.9 Å². The van der Waals surface area contributed by atoms with Gasteiger partial charge in [0.1, 0.15) is 18.1 Å². The molecule has 2 aromatic carbocycles. The summed E-state index contributed by atoms with van der Waals surface area (Å²) in [5.41, 5.74) is 2.25. The number of benzene rings is 2. The van der Waals surface area contributed by atoms with E-state index in [0.29, 0.717) is 17.8 Å². The van der Waals surface area contributed by atoms with Gasteiger partial charge >= 0.3 is 0 Å². The van der Waals surface area contributed by atoms with E-state index in [1.165, 1.54) is 36.7 Å². The third kappa shape index (κ3) is 5.30. The fourth-order valence-electron chi connectivity index (χ4n) is 2.90. The SMILES string of the molecule is O=C(Nc1cnn(Cc2ccc(F)cc2)c1)c1cc(COc2ccccc2F)ccn1. The number of nitrogens with zero attached hydrogens (tertiary/aromatic N) is 3. The molecule has 0 spiro atoms. The number of halogens is 2. The quantitative estimate of drug-likeness (QED) is 0.480. The molecule has 0 radical (unpaired) electrons. The lowest BCUT2D eigenvalue weighted by Crippen LogP contribution is -2.14. The van der Waals surface area contributed by atoms with Gasteiger partial charge < -0.3 is 10.1 Å². The summed E-state index contributed by atoms with van der Waals surface area (Å²) in [5, 5.41) is 6.94. The Balaban J connectivity index is 1.37. The van der Waals surface area contributed by atoms with Crippen LogP contribution in [-0.4, -0.2) is 20.7 Å². The van der Waals surface area contributed by atoms with Crippen LogP contribution in [0.2, 0.25) is 0 Å². The third-order valence-corrected chi connectivity index (χ3v) is 4.44. The molecule has 1 N–H and O–H groups in total. The second-order valence-corrected chi connectivity index (χ2v) is 6.78. The Morgan fingerprint density at radius 3 is 2.65 bits per heavy atom. The Morgan fingerprint density at radius 2 is 1.84 bits per heavy atom. The first-order chi connectivity index (χ1) is 15.1. The van der Waals surface area contributed by atoms with E-state index in [2.05, 4.69) is 15.4 Å².